The molecule has 1 saturated heterocycles. The van der Waals surface area contributed by atoms with Crippen LogP contribution in [-0.2, 0) is 11.3 Å². The summed E-state index contributed by atoms with van der Waals surface area (Å²) in [6, 6.07) is 10.1. The first-order chi connectivity index (χ1) is 13.1. The molecule has 0 spiro atoms. The number of hydrogen-bond donors (Lipinski definition) is 0. The molecular weight excluding hydrogens is 344 g/mol. The lowest BCUT2D eigenvalue weighted by Crippen LogP contribution is -2.43. The van der Waals surface area contributed by atoms with E-state index in [4.69, 9.17) is 4.74 Å². The molecule has 1 aliphatic heterocycles. The highest BCUT2D eigenvalue weighted by Gasteiger charge is 2.31. The van der Waals surface area contributed by atoms with E-state index in [1.165, 1.54) is 19.5 Å². The summed E-state index contributed by atoms with van der Waals surface area (Å²) in [4.78, 5) is 37.2. The van der Waals surface area contributed by atoms with Crippen LogP contribution in [0.1, 0.15) is 35.7 Å². The fourth-order valence-electron chi connectivity index (χ4n) is 3.27. The summed E-state index contributed by atoms with van der Waals surface area (Å²) >= 11 is 0. The van der Waals surface area contributed by atoms with Crippen LogP contribution >= 0.6 is 0 Å². The molecule has 3 rings (SSSR count). The molecule has 1 aromatic carbocycles. The van der Waals surface area contributed by atoms with Crippen LogP contribution in [0.4, 0.5) is 0 Å². The van der Waals surface area contributed by atoms with Crippen molar-refractivity contribution in [2.75, 3.05) is 20.2 Å². The van der Waals surface area contributed by atoms with E-state index < -0.39 is 0 Å². The van der Waals surface area contributed by atoms with E-state index >= 15 is 0 Å². The summed E-state index contributed by atoms with van der Waals surface area (Å²) in [5, 5.41) is 0. The van der Waals surface area contributed by atoms with Gasteiger partial charge in [-0.3, -0.25) is 9.59 Å². The van der Waals surface area contributed by atoms with E-state index in [1.807, 2.05) is 42.2 Å². The average Bonchev–Trinajstić information content (AvgIpc) is 2.87. The lowest BCUT2D eigenvalue weighted by molar-refractivity contribution is -0.133. The molecule has 0 aliphatic carbocycles. The quantitative estimate of drug-likeness (QED) is 0.808. The zero-order valence-electron chi connectivity index (χ0n) is 15.7. The first-order valence-electron chi connectivity index (χ1n) is 9.11. The number of amides is 2. The maximum absolute atomic E-state index is 12.9. The van der Waals surface area contributed by atoms with E-state index in [2.05, 4.69) is 9.97 Å². The highest BCUT2D eigenvalue weighted by Crippen LogP contribution is 2.19. The lowest BCUT2D eigenvalue weighted by Gasteiger charge is -2.31. The molecular formula is C20H24N4O3. The molecule has 1 atom stereocenters. The minimum Gasteiger partial charge on any atom is -0.467 e. The molecule has 1 fully saturated rings. The second-order valence-corrected chi connectivity index (χ2v) is 6.53. The predicted octanol–water partition coefficient (Wildman–Crippen LogP) is 2.14. The smallest absolute Gasteiger partial charge is 0.316 e. The minimum absolute atomic E-state index is 0.0247. The SMILES string of the molecule is CC[C@H]1CN(C(=O)c2cnc(OC)nc2)CCC(=O)N1Cc1ccccc1. The van der Waals surface area contributed by atoms with Crippen LogP contribution in [0.3, 0.4) is 0 Å². The first-order valence-corrected chi connectivity index (χ1v) is 9.11. The fraction of sp³-hybridized carbons (Fsp3) is 0.400. The van der Waals surface area contributed by atoms with Crippen LogP contribution < -0.4 is 4.74 Å². The third kappa shape index (κ3) is 4.42. The normalized spacial score (nSPS) is 17.6. The van der Waals surface area contributed by atoms with Crippen molar-refractivity contribution in [3.63, 3.8) is 0 Å². The monoisotopic (exact) mass is 368 g/mol. The largest absolute Gasteiger partial charge is 0.467 e. The topological polar surface area (TPSA) is 75.6 Å². The number of aromatic nitrogens is 2. The van der Waals surface area contributed by atoms with E-state index in [-0.39, 0.29) is 23.9 Å². The summed E-state index contributed by atoms with van der Waals surface area (Å²) in [5.74, 6) is -0.0857. The average molecular weight is 368 g/mol. The van der Waals surface area contributed by atoms with Gasteiger partial charge in [0.15, 0.2) is 0 Å². The van der Waals surface area contributed by atoms with Gasteiger partial charge in [-0.15, -0.1) is 0 Å². The number of rotatable bonds is 5. The highest BCUT2D eigenvalue weighted by molar-refractivity contribution is 5.94. The van der Waals surface area contributed by atoms with Crippen molar-refractivity contribution < 1.29 is 14.3 Å². The van der Waals surface area contributed by atoms with E-state index in [0.717, 1.165) is 12.0 Å². The maximum atomic E-state index is 12.9. The number of ether oxygens (including phenoxy) is 1. The zero-order valence-corrected chi connectivity index (χ0v) is 15.7. The Hall–Kier alpha value is -2.96. The van der Waals surface area contributed by atoms with E-state index in [9.17, 15) is 9.59 Å². The summed E-state index contributed by atoms with van der Waals surface area (Å²) < 4.78 is 4.94. The third-order valence-electron chi connectivity index (χ3n) is 4.80. The number of hydrogen-bond acceptors (Lipinski definition) is 5. The predicted molar refractivity (Wildman–Crippen MR) is 100 cm³/mol. The standard InChI is InChI=1S/C20H24N4O3/c1-3-17-14-23(19(26)16-11-21-20(27-2)22-12-16)10-9-18(25)24(17)13-15-7-5-4-6-8-15/h4-8,11-12,17H,3,9-10,13-14H2,1-2H3/t17-/m0/s1. The molecule has 2 amide bonds. The zero-order chi connectivity index (χ0) is 19.2. The van der Waals surface area contributed by atoms with Crippen molar-refractivity contribution in [3.8, 4) is 6.01 Å². The third-order valence-corrected chi connectivity index (χ3v) is 4.80. The first kappa shape index (κ1) is 18.8. The van der Waals surface area contributed by atoms with Crippen molar-refractivity contribution in [2.24, 2.45) is 0 Å². The molecule has 27 heavy (non-hydrogen) atoms. The van der Waals surface area contributed by atoms with E-state index in [0.29, 0.717) is 31.6 Å². The fourth-order valence-corrected chi connectivity index (χ4v) is 3.27. The van der Waals surface area contributed by atoms with Gasteiger partial charge in [0.05, 0.1) is 12.7 Å². The molecule has 2 aromatic rings. The molecule has 1 aliphatic rings. The van der Waals surface area contributed by atoms with Crippen molar-refractivity contribution in [1.29, 1.82) is 0 Å². The van der Waals surface area contributed by atoms with Crippen LogP contribution in [0.15, 0.2) is 42.7 Å². The summed E-state index contributed by atoms with van der Waals surface area (Å²) in [6.45, 7) is 3.50. The van der Waals surface area contributed by atoms with Crippen LogP contribution in [0.2, 0.25) is 0 Å². The summed E-state index contributed by atoms with van der Waals surface area (Å²) in [7, 11) is 1.48. The molecule has 0 saturated carbocycles. The number of benzene rings is 1. The Kier molecular flexibility index (Phi) is 6.01. The second kappa shape index (κ2) is 8.62. The van der Waals surface area contributed by atoms with Gasteiger partial charge in [-0.2, -0.15) is 0 Å². The van der Waals surface area contributed by atoms with Gasteiger partial charge in [0.2, 0.25) is 5.91 Å². The number of carbonyl (C=O) groups is 2. The molecule has 0 radical (unpaired) electrons. The summed E-state index contributed by atoms with van der Waals surface area (Å²) in [6.07, 6.45) is 4.01. The lowest BCUT2D eigenvalue weighted by atomic mass is 10.1. The van der Waals surface area contributed by atoms with E-state index in [1.54, 1.807) is 4.90 Å². The molecule has 0 unspecified atom stereocenters. The molecule has 2 heterocycles. The van der Waals surface area contributed by atoms with Gasteiger partial charge in [-0.25, -0.2) is 9.97 Å². The Morgan fingerprint density at radius 1 is 1.22 bits per heavy atom. The maximum Gasteiger partial charge on any atom is 0.316 e. The van der Waals surface area contributed by atoms with Crippen molar-refractivity contribution in [1.82, 2.24) is 19.8 Å². The molecule has 7 nitrogen and oxygen atoms in total. The van der Waals surface area contributed by atoms with Crippen LogP contribution in [0.5, 0.6) is 6.01 Å². The Bertz CT molecular complexity index is 780. The van der Waals surface area contributed by atoms with Crippen LogP contribution in [0, 0.1) is 0 Å². The molecule has 0 N–H and O–H groups in total. The highest BCUT2D eigenvalue weighted by atomic mass is 16.5. The Morgan fingerprint density at radius 3 is 2.56 bits per heavy atom. The van der Waals surface area contributed by atoms with Gasteiger partial charge in [0, 0.05) is 44.5 Å². The van der Waals surface area contributed by atoms with Crippen molar-refractivity contribution in [2.45, 2.75) is 32.4 Å². The Balaban J connectivity index is 1.76. The molecule has 1 aromatic heterocycles. The number of nitrogens with zero attached hydrogens (tertiary/aromatic N) is 4. The minimum atomic E-state index is -0.162. The molecule has 7 heteroatoms. The molecule has 0 bridgehead atoms. The van der Waals surface area contributed by atoms with Gasteiger partial charge in [-0.05, 0) is 12.0 Å². The van der Waals surface area contributed by atoms with Gasteiger partial charge < -0.3 is 14.5 Å². The second-order valence-electron chi connectivity index (χ2n) is 6.53. The van der Waals surface area contributed by atoms with Crippen LogP contribution in [0.25, 0.3) is 0 Å². The molecule has 142 valence electrons. The Labute approximate surface area is 159 Å². The number of methoxy groups -OCH3 is 1. The van der Waals surface area contributed by atoms with Gasteiger partial charge in [-0.1, -0.05) is 37.3 Å². The van der Waals surface area contributed by atoms with Crippen molar-refractivity contribution in [3.05, 3.63) is 53.9 Å². The van der Waals surface area contributed by atoms with Gasteiger partial charge in [0.25, 0.3) is 5.91 Å². The Morgan fingerprint density at radius 2 is 1.93 bits per heavy atom. The van der Waals surface area contributed by atoms with Crippen molar-refractivity contribution >= 4 is 11.8 Å². The number of carbonyl (C=O) groups excluding carboxylic acids is 2. The van der Waals surface area contributed by atoms with Crippen LogP contribution in [-0.4, -0.2) is 57.8 Å². The van der Waals surface area contributed by atoms with Gasteiger partial charge >= 0.3 is 6.01 Å². The summed E-state index contributed by atoms with van der Waals surface area (Å²) in [5.41, 5.74) is 1.49. The van der Waals surface area contributed by atoms with Gasteiger partial charge in [0.1, 0.15) is 0 Å².